The maximum absolute atomic E-state index is 12.6. The molecule has 2 atom stereocenters. The van der Waals surface area contributed by atoms with E-state index in [1.165, 1.54) is 21.3 Å². The molecule has 0 spiro atoms. The Bertz CT molecular complexity index is 725. The molecule has 0 saturated carbocycles. The molecule has 2 aromatic rings. The van der Waals surface area contributed by atoms with Gasteiger partial charge in [0.1, 0.15) is 0 Å². The quantitative estimate of drug-likeness (QED) is 0.769. The molecule has 142 valence electrons. The highest BCUT2D eigenvalue weighted by Crippen LogP contribution is 2.42. The van der Waals surface area contributed by atoms with Crippen molar-refractivity contribution in [2.75, 3.05) is 26.6 Å². The van der Waals surface area contributed by atoms with Gasteiger partial charge in [0.05, 0.1) is 32.9 Å². The van der Waals surface area contributed by atoms with E-state index < -0.39 is 12.0 Å². The molecule has 7 heteroatoms. The first kappa shape index (κ1) is 21.6. The fraction of sp³-hybridized carbons (Fsp3) is 0.316. The second kappa shape index (κ2) is 9.89. The topological polar surface area (TPSA) is 82.8 Å². The van der Waals surface area contributed by atoms with E-state index in [2.05, 4.69) is 5.32 Å². The number of hydrogen-bond donors (Lipinski definition) is 2. The number of methoxy groups -OCH3 is 3. The number of rotatable bonds is 7. The van der Waals surface area contributed by atoms with Crippen molar-refractivity contribution >= 4 is 24.0 Å². The predicted molar refractivity (Wildman–Crippen MR) is 105 cm³/mol. The van der Waals surface area contributed by atoms with E-state index in [4.69, 9.17) is 19.9 Å². The van der Waals surface area contributed by atoms with Crippen LogP contribution in [0, 0.1) is 5.92 Å². The van der Waals surface area contributed by atoms with Gasteiger partial charge >= 0.3 is 0 Å². The van der Waals surface area contributed by atoms with Gasteiger partial charge in [0.15, 0.2) is 11.5 Å². The minimum atomic E-state index is -0.430. The van der Waals surface area contributed by atoms with Crippen LogP contribution in [0.15, 0.2) is 42.5 Å². The Labute approximate surface area is 160 Å². The summed E-state index contributed by atoms with van der Waals surface area (Å²) in [6, 6.07) is 12.5. The van der Waals surface area contributed by atoms with E-state index in [9.17, 15) is 4.79 Å². The van der Waals surface area contributed by atoms with Crippen LogP contribution in [0.2, 0.25) is 0 Å². The maximum atomic E-state index is 12.6. The summed E-state index contributed by atoms with van der Waals surface area (Å²) in [5.74, 6) is 0.701. The van der Waals surface area contributed by atoms with Gasteiger partial charge in [-0.3, -0.25) is 4.79 Å². The predicted octanol–water partition coefficient (Wildman–Crippen LogP) is 3.41. The zero-order chi connectivity index (χ0) is 18.4. The van der Waals surface area contributed by atoms with E-state index in [0.717, 1.165) is 5.56 Å². The molecular weight excluding hydrogens is 356 g/mol. The number of carbonyl (C=O) groups is 1. The fourth-order valence-corrected chi connectivity index (χ4v) is 2.57. The van der Waals surface area contributed by atoms with Crippen LogP contribution in [-0.2, 0) is 4.79 Å². The summed E-state index contributed by atoms with van der Waals surface area (Å²) < 4.78 is 16.0. The third-order valence-electron chi connectivity index (χ3n) is 4.10. The molecule has 0 bridgehead atoms. The zero-order valence-corrected chi connectivity index (χ0v) is 16.1. The molecule has 2 aromatic carbocycles. The number of ether oxygens (including phenoxy) is 3. The lowest BCUT2D eigenvalue weighted by Gasteiger charge is -2.21. The van der Waals surface area contributed by atoms with Crippen LogP contribution in [0.1, 0.15) is 18.5 Å². The number of nitrogens with two attached hydrogens (primary N) is 1. The van der Waals surface area contributed by atoms with Gasteiger partial charge in [0, 0.05) is 6.04 Å². The van der Waals surface area contributed by atoms with Crippen LogP contribution in [0.5, 0.6) is 17.2 Å². The average Bonchev–Trinajstić information content (AvgIpc) is 2.66. The Morgan fingerprint density at radius 3 is 2.12 bits per heavy atom. The van der Waals surface area contributed by atoms with Crippen molar-refractivity contribution in [2.45, 2.75) is 13.0 Å². The molecule has 2 unspecified atom stereocenters. The summed E-state index contributed by atoms with van der Waals surface area (Å²) in [4.78, 5) is 12.6. The zero-order valence-electron chi connectivity index (χ0n) is 15.3. The number of hydrogen-bond acceptors (Lipinski definition) is 5. The summed E-state index contributed by atoms with van der Waals surface area (Å²) >= 11 is 0. The van der Waals surface area contributed by atoms with Crippen molar-refractivity contribution in [3.05, 3.63) is 48.0 Å². The highest BCUT2D eigenvalue weighted by Gasteiger charge is 2.24. The molecule has 0 saturated heterocycles. The average molecular weight is 381 g/mol. The van der Waals surface area contributed by atoms with Gasteiger partial charge in [-0.25, -0.2) is 0 Å². The Balaban J connectivity index is 0.00000338. The van der Waals surface area contributed by atoms with Crippen LogP contribution in [0.25, 0.3) is 0 Å². The number of nitrogens with one attached hydrogen (secondary N) is 1. The van der Waals surface area contributed by atoms with E-state index in [1.54, 1.807) is 19.1 Å². The number of halogens is 1. The standard InChI is InChI=1S/C19H24N2O4.ClH/c1-12(16(20)13-8-6-5-7-9-13)19(22)21-14-10-11-15(23-2)18(25-4)17(14)24-3;/h5-12,16H,20H2,1-4H3,(H,21,22);1H. The molecule has 0 radical (unpaired) electrons. The van der Waals surface area contributed by atoms with Crippen LogP contribution in [0.3, 0.4) is 0 Å². The lowest BCUT2D eigenvalue weighted by molar-refractivity contribution is -0.120. The molecule has 0 fully saturated rings. The molecule has 2 rings (SSSR count). The number of carbonyl (C=O) groups excluding carboxylic acids is 1. The van der Waals surface area contributed by atoms with Crippen LogP contribution < -0.4 is 25.3 Å². The highest BCUT2D eigenvalue weighted by molar-refractivity contribution is 5.95. The molecule has 1 amide bonds. The summed E-state index contributed by atoms with van der Waals surface area (Å²) in [6.07, 6.45) is 0. The summed E-state index contributed by atoms with van der Waals surface area (Å²) in [5, 5.41) is 2.86. The Morgan fingerprint density at radius 1 is 0.962 bits per heavy atom. The van der Waals surface area contributed by atoms with E-state index >= 15 is 0 Å². The number of benzene rings is 2. The van der Waals surface area contributed by atoms with Crippen molar-refractivity contribution in [1.29, 1.82) is 0 Å². The fourth-order valence-electron chi connectivity index (χ4n) is 2.57. The number of amides is 1. The summed E-state index contributed by atoms with van der Waals surface area (Å²) in [5.41, 5.74) is 7.63. The van der Waals surface area contributed by atoms with Crippen LogP contribution in [-0.4, -0.2) is 27.2 Å². The third-order valence-corrected chi connectivity index (χ3v) is 4.10. The van der Waals surface area contributed by atoms with Gasteiger partial charge in [-0.2, -0.15) is 0 Å². The van der Waals surface area contributed by atoms with Crippen LogP contribution >= 0.6 is 12.4 Å². The second-order valence-electron chi connectivity index (χ2n) is 5.60. The molecule has 26 heavy (non-hydrogen) atoms. The molecule has 0 aliphatic rings. The minimum Gasteiger partial charge on any atom is -0.493 e. The Kier molecular flexibility index (Phi) is 8.22. The number of anilines is 1. The van der Waals surface area contributed by atoms with Gasteiger partial charge in [0.25, 0.3) is 0 Å². The normalized spacial score (nSPS) is 12.3. The van der Waals surface area contributed by atoms with Crippen LogP contribution in [0.4, 0.5) is 5.69 Å². The van der Waals surface area contributed by atoms with Gasteiger partial charge in [-0.1, -0.05) is 37.3 Å². The minimum absolute atomic E-state index is 0. The molecule has 0 aliphatic heterocycles. The lowest BCUT2D eigenvalue weighted by atomic mass is 9.94. The monoisotopic (exact) mass is 380 g/mol. The first-order valence-electron chi connectivity index (χ1n) is 7.93. The van der Waals surface area contributed by atoms with Gasteiger partial charge in [-0.05, 0) is 17.7 Å². The lowest BCUT2D eigenvalue weighted by Crippen LogP contribution is -2.30. The van der Waals surface area contributed by atoms with E-state index in [-0.39, 0.29) is 18.3 Å². The molecule has 6 nitrogen and oxygen atoms in total. The van der Waals surface area contributed by atoms with Crippen molar-refractivity contribution in [1.82, 2.24) is 0 Å². The van der Waals surface area contributed by atoms with Crippen molar-refractivity contribution < 1.29 is 19.0 Å². The first-order valence-corrected chi connectivity index (χ1v) is 7.93. The van der Waals surface area contributed by atoms with Gasteiger partial charge in [-0.15, -0.1) is 12.4 Å². The highest BCUT2D eigenvalue weighted by atomic mass is 35.5. The molecule has 0 aliphatic carbocycles. The van der Waals surface area contributed by atoms with Gasteiger partial charge < -0.3 is 25.3 Å². The molecular formula is C19H25ClN2O4. The summed E-state index contributed by atoms with van der Waals surface area (Å²) in [7, 11) is 4.56. The summed E-state index contributed by atoms with van der Waals surface area (Å²) in [6.45, 7) is 1.79. The smallest absolute Gasteiger partial charge is 0.229 e. The largest absolute Gasteiger partial charge is 0.493 e. The SMILES string of the molecule is COc1ccc(NC(=O)C(C)C(N)c2ccccc2)c(OC)c1OC.Cl. The second-order valence-corrected chi connectivity index (χ2v) is 5.60. The maximum Gasteiger partial charge on any atom is 0.229 e. The first-order chi connectivity index (χ1) is 12.0. The van der Waals surface area contributed by atoms with Gasteiger partial charge in [0.2, 0.25) is 11.7 Å². The molecule has 0 heterocycles. The molecule has 3 N–H and O–H groups in total. The third kappa shape index (κ3) is 4.59. The molecule has 0 aromatic heterocycles. The Hall–Kier alpha value is -2.44. The van der Waals surface area contributed by atoms with E-state index in [1.807, 2.05) is 30.3 Å². The Morgan fingerprint density at radius 2 is 1.58 bits per heavy atom. The van der Waals surface area contributed by atoms with Crippen molar-refractivity contribution in [3.63, 3.8) is 0 Å². The van der Waals surface area contributed by atoms with E-state index in [0.29, 0.717) is 22.9 Å². The van der Waals surface area contributed by atoms with Crippen molar-refractivity contribution in [3.8, 4) is 17.2 Å². The van der Waals surface area contributed by atoms with Crippen molar-refractivity contribution in [2.24, 2.45) is 11.7 Å².